The van der Waals surface area contributed by atoms with Crippen molar-refractivity contribution in [1.29, 1.82) is 0 Å². The maximum absolute atomic E-state index is 13.7. The van der Waals surface area contributed by atoms with Crippen LogP contribution in [-0.2, 0) is 9.53 Å². The third-order valence-corrected chi connectivity index (χ3v) is 3.13. The lowest BCUT2D eigenvalue weighted by atomic mass is 10.2. The normalized spacial score (nSPS) is 10.2. The number of ether oxygens (including phenoxy) is 2. The zero-order chi connectivity index (χ0) is 17.7. The first-order valence-electron chi connectivity index (χ1n) is 6.97. The fourth-order valence-electron chi connectivity index (χ4n) is 1.90. The van der Waals surface area contributed by atoms with Gasteiger partial charge < -0.3 is 14.8 Å². The number of nitrogens with one attached hydrogen (secondary N) is 1. The quantitative estimate of drug-likeness (QED) is 0.853. The standard InChI is InChI=1S/C17H15F2NO4/c1-10-3-6-15(14(19)7-10)20-16(21)9-24-17(22)12-5-4-11(23-2)8-13(12)18/h3-8H,9H2,1-2H3,(H,20,21). The summed E-state index contributed by atoms with van der Waals surface area (Å²) in [5.74, 6) is -2.92. The summed E-state index contributed by atoms with van der Waals surface area (Å²) in [5, 5.41) is 2.27. The maximum Gasteiger partial charge on any atom is 0.341 e. The minimum Gasteiger partial charge on any atom is -0.497 e. The van der Waals surface area contributed by atoms with Gasteiger partial charge in [0.05, 0.1) is 18.4 Å². The zero-order valence-corrected chi connectivity index (χ0v) is 13.1. The molecule has 0 aliphatic heterocycles. The molecule has 126 valence electrons. The predicted molar refractivity (Wildman–Crippen MR) is 83.0 cm³/mol. The second-order valence-corrected chi connectivity index (χ2v) is 4.95. The van der Waals surface area contributed by atoms with E-state index in [1.54, 1.807) is 13.0 Å². The van der Waals surface area contributed by atoms with Crippen LogP contribution in [0.15, 0.2) is 36.4 Å². The molecule has 0 spiro atoms. The third-order valence-electron chi connectivity index (χ3n) is 3.13. The van der Waals surface area contributed by atoms with Gasteiger partial charge in [0.1, 0.15) is 17.4 Å². The van der Waals surface area contributed by atoms with Crippen molar-refractivity contribution in [3.63, 3.8) is 0 Å². The lowest BCUT2D eigenvalue weighted by Gasteiger charge is -2.09. The highest BCUT2D eigenvalue weighted by Gasteiger charge is 2.16. The van der Waals surface area contributed by atoms with Crippen molar-refractivity contribution in [1.82, 2.24) is 0 Å². The van der Waals surface area contributed by atoms with Crippen molar-refractivity contribution in [2.45, 2.75) is 6.92 Å². The summed E-state index contributed by atoms with van der Waals surface area (Å²) in [6.45, 7) is 1.04. The van der Waals surface area contributed by atoms with Gasteiger partial charge in [-0.3, -0.25) is 4.79 Å². The van der Waals surface area contributed by atoms with E-state index in [0.29, 0.717) is 5.56 Å². The van der Waals surface area contributed by atoms with Crippen LogP contribution in [0.25, 0.3) is 0 Å². The lowest BCUT2D eigenvalue weighted by molar-refractivity contribution is -0.119. The molecule has 0 radical (unpaired) electrons. The number of aryl methyl sites for hydroxylation is 1. The van der Waals surface area contributed by atoms with Crippen LogP contribution in [-0.4, -0.2) is 25.6 Å². The van der Waals surface area contributed by atoms with Gasteiger partial charge in [0.15, 0.2) is 6.61 Å². The van der Waals surface area contributed by atoms with Crippen molar-refractivity contribution in [2.24, 2.45) is 0 Å². The molecule has 1 amide bonds. The number of anilines is 1. The first-order valence-corrected chi connectivity index (χ1v) is 6.97. The van der Waals surface area contributed by atoms with Crippen LogP contribution in [0.1, 0.15) is 15.9 Å². The number of hydrogen-bond acceptors (Lipinski definition) is 4. The molecule has 0 aliphatic rings. The monoisotopic (exact) mass is 335 g/mol. The average Bonchev–Trinajstić information content (AvgIpc) is 2.55. The van der Waals surface area contributed by atoms with E-state index in [2.05, 4.69) is 5.32 Å². The Morgan fingerprint density at radius 3 is 2.46 bits per heavy atom. The molecule has 0 unspecified atom stereocenters. The van der Waals surface area contributed by atoms with E-state index in [1.165, 1.54) is 31.4 Å². The highest BCUT2D eigenvalue weighted by molar-refractivity contribution is 5.95. The van der Waals surface area contributed by atoms with E-state index < -0.39 is 30.1 Å². The smallest absolute Gasteiger partial charge is 0.341 e. The Labute approximate surface area is 137 Å². The summed E-state index contributed by atoms with van der Waals surface area (Å²) in [6, 6.07) is 7.88. The molecule has 0 saturated heterocycles. The highest BCUT2D eigenvalue weighted by Crippen LogP contribution is 2.17. The fraction of sp³-hybridized carbons (Fsp3) is 0.176. The van der Waals surface area contributed by atoms with Crippen molar-refractivity contribution in [3.8, 4) is 5.75 Å². The second kappa shape index (κ2) is 7.54. The van der Waals surface area contributed by atoms with Gasteiger partial charge in [-0.2, -0.15) is 0 Å². The van der Waals surface area contributed by atoms with Crippen molar-refractivity contribution in [2.75, 3.05) is 19.0 Å². The van der Waals surface area contributed by atoms with Crippen LogP contribution < -0.4 is 10.1 Å². The Bertz CT molecular complexity index is 777. The number of carbonyl (C=O) groups excluding carboxylic acids is 2. The van der Waals surface area contributed by atoms with Gasteiger partial charge >= 0.3 is 5.97 Å². The van der Waals surface area contributed by atoms with Gasteiger partial charge in [-0.25, -0.2) is 13.6 Å². The molecule has 0 aliphatic carbocycles. The molecule has 1 N–H and O–H groups in total. The van der Waals surface area contributed by atoms with Crippen LogP contribution in [0.2, 0.25) is 0 Å². The number of hydrogen-bond donors (Lipinski definition) is 1. The van der Waals surface area contributed by atoms with E-state index in [0.717, 1.165) is 6.07 Å². The Morgan fingerprint density at radius 1 is 1.08 bits per heavy atom. The number of benzene rings is 2. The summed E-state index contributed by atoms with van der Waals surface area (Å²) >= 11 is 0. The molecule has 0 aromatic heterocycles. The number of amides is 1. The van der Waals surface area contributed by atoms with Gasteiger partial charge in [0.2, 0.25) is 0 Å². The molecule has 7 heteroatoms. The Hall–Kier alpha value is -2.96. The first-order chi connectivity index (χ1) is 11.4. The molecule has 5 nitrogen and oxygen atoms in total. The number of rotatable bonds is 5. The third kappa shape index (κ3) is 4.28. The van der Waals surface area contributed by atoms with E-state index in [1.807, 2.05) is 0 Å². The van der Waals surface area contributed by atoms with Crippen LogP contribution >= 0.6 is 0 Å². The molecular formula is C17H15F2NO4. The SMILES string of the molecule is COc1ccc(C(=O)OCC(=O)Nc2ccc(C)cc2F)c(F)c1. The largest absolute Gasteiger partial charge is 0.497 e. The number of carbonyl (C=O) groups is 2. The maximum atomic E-state index is 13.7. The minimum atomic E-state index is -1.00. The zero-order valence-electron chi connectivity index (χ0n) is 13.1. The molecule has 2 aromatic rings. The van der Waals surface area contributed by atoms with Crippen molar-refractivity contribution >= 4 is 17.6 Å². The average molecular weight is 335 g/mol. The van der Waals surface area contributed by atoms with Gasteiger partial charge in [-0.15, -0.1) is 0 Å². The van der Waals surface area contributed by atoms with Crippen LogP contribution in [0, 0.1) is 18.6 Å². The molecule has 2 aromatic carbocycles. The molecule has 0 saturated carbocycles. The highest BCUT2D eigenvalue weighted by atomic mass is 19.1. The van der Waals surface area contributed by atoms with Gasteiger partial charge in [0, 0.05) is 6.07 Å². The van der Waals surface area contributed by atoms with Gasteiger partial charge in [0.25, 0.3) is 5.91 Å². The molecule has 2 rings (SSSR count). The Kier molecular flexibility index (Phi) is 5.47. The van der Waals surface area contributed by atoms with Crippen LogP contribution in [0.5, 0.6) is 5.75 Å². The van der Waals surface area contributed by atoms with Gasteiger partial charge in [-0.05, 0) is 36.8 Å². The number of methoxy groups -OCH3 is 1. The number of halogens is 2. The van der Waals surface area contributed by atoms with Crippen LogP contribution in [0.3, 0.4) is 0 Å². The fourth-order valence-corrected chi connectivity index (χ4v) is 1.90. The molecule has 24 heavy (non-hydrogen) atoms. The van der Waals surface area contributed by atoms with E-state index >= 15 is 0 Å². The molecule has 0 heterocycles. The summed E-state index contributed by atoms with van der Waals surface area (Å²) < 4.78 is 36.9. The summed E-state index contributed by atoms with van der Waals surface area (Å²) in [4.78, 5) is 23.5. The Balaban J connectivity index is 1.95. The van der Waals surface area contributed by atoms with E-state index in [9.17, 15) is 18.4 Å². The summed E-state index contributed by atoms with van der Waals surface area (Å²) in [6.07, 6.45) is 0. The predicted octanol–water partition coefficient (Wildman–Crippen LogP) is 3.08. The molecular weight excluding hydrogens is 320 g/mol. The Morgan fingerprint density at radius 2 is 1.83 bits per heavy atom. The minimum absolute atomic E-state index is 0.0303. The summed E-state index contributed by atoms with van der Waals surface area (Å²) in [7, 11) is 1.36. The second-order valence-electron chi connectivity index (χ2n) is 4.95. The number of esters is 1. The molecule has 0 bridgehead atoms. The molecule has 0 fully saturated rings. The van der Waals surface area contributed by atoms with Crippen LogP contribution in [0.4, 0.5) is 14.5 Å². The van der Waals surface area contributed by atoms with Crippen molar-refractivity contribution in [3.05, 3.63) is 59.2 Å². The lowest BCUT2D eigenvalue weighted by Crippen LogP contribution is -2.21. The van der Waals surface area contributed by atoms with Crippen molar-refractivity contribution < 1.29 is 27.8 Å². The van der Waals surface area contributed by atoms with Gasteiger partial charge in [-0.1, -0.05) is 6.07 Å². The first kappa shape index (κ1) is 17.4. The topological polar surface area (TPSA) is 64.6 Å². The van der Waals surface area contributed by atoms with E-state index in [-0.39, 0.29) is 17.0 Å². The van der Waals surface area contributed by atoms with E-state index in [4.69, 9.17) is 9.47 Å². The molecule has 0 atom stereocenters. The summed E-state index contributed by atoms with van der Waals surface area (Å²) in [5.41, 5.74) is 0.342.